The maximum atomic E-state index is 11.6. The van der Waals surface area contributed by atoms with E-state index in [4.69, 9.17) is 14.9 Å². The standard InChI is InChI=1S/C13H17NO5/c1-2-7-19-10-5-3-9(4-6-10)12(16)14-8-11(15)13(17)18/h3-6,11,15H,2,7-8H2,1H3,(H,14,16)(H,17,18). The molecule has 0 fully saturated rings. The molecule has 1 amide bonds. The van der Waals surface area contributed by atoms with E-state index in [0.29, 0.717) is 17.9 Å². The lowest BCUT2D eigenvalue weighted by Crippen LogP contribution is -2.36. The predicted octanol–water partition coefficient (Wildman–Crippen LogP) is 0.651. The molecule has 1 atom stereocenters. The van der Waals surface area contributed by atoms with Crippen LogP contribution in [0.1, 0.15) is 23.7 Å². The van der Waals surface area contributed by atoms with Crippen LogP contribution in [-0.2, 0) is 4.79 Å². The van der Waals surface area contributed by atoms with Gasteiger partial charge in [-0.1, -0.05) is 6.92 Å². The summed E-state index contributed by atoms with van der Waals surface area (Å²) >= 11 is 0. The Morgan fingerprint density at radius 1 is 1.32 bits per heavy atom. The van der Waals surface area contributed by atoms with Gasteiger partial charge in [-0.15, -0.1) is 0 Å². The Bertz CT molecular complexity index is 429. The number of hydrogen-bond acceptors (Lipinski definition) is 4. The lowest BCUT2D eigenvalue weighted by atomic mass is 10.2. The van der Waals surface area contributed by atoms with Crippen LogP contribution < -0.4 is 10.1 Å². The van der Waals surface area contributed by atoms with E-state index in [-0.39, 0.29) is 6.54 Å². The molecular weight excluding hydrogens is 250 g/mol. The molecule has 0 spiro atoms. The number of aliphatic hydroxyl groups is 1. The number of rotatable bonds is 7. The Morgan fingerprint density at radius 3 is 2.47 bits per heavy atom. The number of aliphatic carboxylic acids is 1. The van der Waals surface area contributed by atoms with Crippen LogP contribution in [0.3, 0.4) is 0 Å². The first kappa shape index (κ1) is 15.0. The molecule has 0 aromatic heterocycles. The van der Waals surface area contributed by atoms with Gasteiger partial charge in [-0.05, 0) is 30.7 Å². The van der Waals surface area contributed by atoms with Gasteiger partial charge in [-0.25, -0.2) is 4.79 Å². The number of hydrogen-bond donors (Lipinski definition) is 3. The predicted molar refractivity (Wildman–Crippen MR) is 68.2 cm³/mol. The van der Waals surface area contributed by atoms with E-state index in [1.807, 2.05) is 6.92 Å². The normalized spacial score (nSPS) is 11.7. The van der Waals surface area contributed by atoms with Crippen LogP contribution in [0.5, 0.6) is 5.75 Å². The van der Waals surface area contributed by atoms with Gasteiger partial charge in [0.2, 0.25) is 0 Å². The molecule has 6 heteroatoms. The topological polar surface area (TPSA) is 95.9 Å². The molecule has 104 valence electrons. The summed E-state index contributed by atoms with van der Waals surface area (Å²) < 4.78 is 5.37. The fraction of sp³-hybridized carbons (Fsp3) is 0.385. The molecule has 6 nitrogen and oxygen atoms in total. The second kappa shape index (κ2) is 7.38. The van der Waals surface area contributed by atoms with E-state index in [9.17, 15) is 9.59 Å². The molecule has 0 bridgehead atoms. The number of carboxylic acid groups (broad SMARTS) is 1. The summed E-state index contributed by atoms with van der Waals surface area (Å²) in [5.41, 5.74) is 0.376. The quantitative estimate of drug-likeness (QED) is 0.674. The van der Waals surface area contributed by atoms with Crippen molar-refractivity contribution in [1.29, 1.82) is 0 Å². The highest BCUT2D eigenvalue weighted by Crippen LogP contribution is 2.12. The van der Waals surface area contributed by atoms with E-state index in [1.54, 1.807) is 24.3 Å². The fourth-order valence-electron chi connectivity index (χ4n) is 1.30. The molecule has 3 N–H and O–H groups in total. The van der Waals surface area contributed by atoms with Gasteiger partial charge in [0.25, 0.3) is 5.91 Å². The number of carbonyl (C=O) groups is 2. The van der Waals surface area contributed by atoms with Crippen LogP contribution in [0, 0.1) is 0 Å². The van der Waals surface area contributed by atoms with E-state index in [0.717, 1.165) is 6.42 Å². The van der Waals surface area contributed by atoms with Crippen LogP contribution in [-0.4, -0.2) is 41.3 Å². The summed E-state index contributed by atoms with van der Waals surface area (Å²) in [6, 6.07) is 6.48. The number of nitrogens with one attached hydrogen (secondary N) is 1. The van der Waals surface area contributed by atoms with Crippen molar-refractivity contribution in [3.63, 3.8) is 0 Å². The summed E-state index contributed by atoms with van der Waals surface area (Å²) in [5.74, 6) is -1.14. The maximum absolute atomic E-state index is 11.6. The van der Waals surface area contributed by atoms with Crippen molar-refractivity contribution in [2.24, 2.45) is 0 Å². The van der Waals surface area contributed by atoms with Crippen LogP contribution >= 0.6 is 0 Å². The molecule has 0 aliphatic rings. The van der Waals surface area contributed by atoms with Crippen molar-refractivity contribution in [3.05, 3.63) is 29.8 Å². The second-order valence-corrected chi connectivity index (χ2v) is 3.94. The number of carbonyl (C=O) groups excluding carboxylic acids is 1. The summed E-state index contributed by atoms with van der Waals surface area (Å²) in [6.45, 7) is 2.27. The van der Waals surface area contributed by atoms with Crippen LogP contribution in [0.15, 0.2) is 24.3 Å². The third kappa shape index (κ3) is 4.97. The van der Waals surface area contributed by atoms with Crippen LogP contribution in [0.2, 0.25) is 0 Å². The number of benzene rings is 1. The molecule has 1 rings (SSSR count). The van der Waals surface area contributed by atoms with Crippen molar-refractivity contribution >= 4 is 11.9 Å². The average Bonchev–Trinajstić information content (AvgIpc) is 2.42. The highest BCUT2D eigenvalue weighted by atomic mass is 16.5. The first-order valence-electron chi connectivity index (χ1n) is 5.96. The van der Waals surface area contributed by atoms with Gasteiger partial charge in [0.15, 0.2) is 6.10 Å². The maximum Gasteiger partial charge on any atom is 0.334 e. The molecule has 0 saturated heterocycles. The first-order valence-corrected chi connectivity index (χ1v) is 5.96. The SMILES string of the molecule is CCCOc1ccc(C(=O)NCC(O)C(=O)O)cc1. The number of ether oxygens (including phenoxy) is 1. The van der Waals surface area contributed by atoms with Gasteiger partial charge in [0.1, 0.15) is 5.75 Å². The molecule has 0 heterocycles. The zero-order valence-corrected chi connectivity index (χ0v) is 10.6. The van der Waals surface area contributed by atoms with Gasteiger partial charge >= 0.3 is 5.97 Å². The Morgan fingerprint density at radius 2 is 1.95 bits per heavy atom. The minimum atomic E-state index is -1.60. The van der Waals surface area contributed by atoms with Crippen molar-refractivity contribution in [1.82, 2.24) is 5.32 Å². The number of amides is 1. The average molecular weight is 267 g/mol. The van der Waals surface area contributed by atoms with E-state index >= 15 is 0 Å². The molecule has 0 aliphatic carbocycles. The Hall–Kier alpha value is -2.08. The number of aliphatic hydroxyl groups excluding tert-OH is 1. The van der Waals surface area contributed by atoms with E-state index < -0.39 is 18.0 Å². The second-order valence-electron chi connectivity index (χ2n) is 3.94. The monoisotopic (exact) mass is 267 g/mol. The lowest BCUT2D eigenvalue weighted by Gasteiger charge is -2.08. The number of carboxylic acids is 1. The zero-order valence-electron chi connectivity index (χ0n) is 10.6. The molecule has 19 heavy (non-hydrogen) atoms. The summed E-state index contributed by atoms with van der Waals surface area (Å²) in [5, 5.41) is 19.8. The van der Waals surface area contributed by atoms with Gasteiger partial charge in [0.05, 0.1) is 13.2 Å². The zero-order chi connectivity index (χ0) is 14.3. The van der Waals surface area contributed by atoms with Crippen LogP contribution in [0.25, 0.3) is 0 Å². The smallest absolute Gasteiger partial charge is 0.334 e. The fourth-order valence-corrected chi connectivity index (χ4v) is 1.30. The van der Waals surface area contributed by atoms with Crippen molar-refractivity contribution in [3.8, 4) is 5.75 Å². The molecule has 1 unspecified atom stereocenters. The Kier molecular flexibility index (Phi) is 5.81. The van der Waals surface area contributed by atoms with Crippen molar-refractivity contribution in [2.45, 2.75) is 19.4 Å². The van der Waals surface area contributed by atoms with Gasteiger partial charge < -0.3 is 20.3 Å². The minimum Gasteiger partial charge on any atom is -0.494 e. The third-order valence-corrected chi connectivity index (χ3v) is 2.33. The summed E-state index contributed by atoms with van der Waals surface area (Å²) in [4.78, 5) is 22.0. The van der Waals surface area contributed by atoms with Gasteiger partial charge in [-0.2, -0.15) is 0 Å². The minimum absolute atomic E-state index is 0.331. The largest absolute Gasteiger partial charge is 0.494 e. The van der Waals surface area contributed by atoms with Crippen molar-refractivity contribution < 1.29 is 24.5 Å². The molecule has 0 radical (unpaired) electrons. The Labute approximate surface area is 111 Å². The van der Waals surface area contributed by atoms with Gasteiger partial charge in [-0.3, -0.25) is 4.79 Å². The highest BCUT2D eigenvalue weighted by Gasteiger charge is 2.14. The van der Waals surface area contributed by atoms with Crippen LogP contribution in [0.4, 0.5) is 0 Å². The molecular formula is C13H17NO5. The first-order chi connectivity index (χ1) is 9.04. The van der Waals surface area contributed by atoms with E-state index in [1.165, 1.54) is 0 Å². The van der Waals surface area contributed by atoms with Gasteiger partial charge in [0, 0.05) is 5.56 Å². The molecule has 1 aromatic rings. The Balaban J connectivity index is 2.51. The summed E-state index contributed by atoms with van der Waals surface area (Å²) in [6.07, 6.45) is -0.703. The summed E-state index contributed by atoms with van der Waals surface area (Å²) in [7, 11) is 0. The molecule has 0 saturated carbocycles. The third-order valence-electron chi connectivity index (χ3n) is 2.33. The van der Waals surface area contributed by atoms with E-state index in [2.05, 4.69) is 5.32 Å². The molecule has 0 aliphatic heterocycles. The molecule has 1 aromatic carbocycles. The highest BCUT2D eigenvalue weighted by molar-refractivity contribution is 5.94. The van der Waals surface area contributed by atoms with Crippen molar-refractivity contribution in [2.75, 3.05) is 13.2 Å². The lowest BCUT2D eigenvalue weighted by molar-refractivity contribution is -0.146.